The third-order valence-corrected chi connectivity index (χ3v) is 7.74. The van der Waals surface area contributed by atoms with Crippen LogP contribution in [0.3, 0.4) is 0 Å². The lowest BCUT2D eigenvalue weighted by Gasteiger charge is -2.24. The van der Waals surface area contributed by atoms with Gasteiger partial charge in [0.1, 0.15) is 10.1 Å². The fourth-order valence-electron chi connectivity index (χ4n) is 3.04. The van der Waals surface area contributed by atoms with Crippen molar-refractivity contribution in [2.45, 2.75) is 25.3 Å². The van der Waals surface area contributed by atoms with Gasteiger partial charge in [-0.25, -0.2) is 8.42 Å². The molecule has 27 heavy (non-hydrogen) atoms. The molecule has 2 aliphatic heterocycles. The molecule has 0 radical (unpaired) electrons. The molecular formula is C17H20N2O5S3. The molecule has 2 saturated heterocycles. The number of rotatable bonds is 6. The predicted molar refractivity (Wildman–Crippen MR) is 108 cm³/mol. The molecule has 10 heteroatoms. The van der Waals surface area contributed by atoms with Gasteiger partial charge < -0.3 is 9.32 Å². The molecule has 0 saturated carbocycles. The van der Waals surface area contributed by atoms with Gasteiger partial charge in [0.2, 0.25) is 5.91 Å². The molecule has 1 aromatic rings. The Bertz CT molecular complexity index is 876. The zero-order chi connectivity index (χ0) is 19.6. The van der Waals surface area contributed by atoms with Gasteiger partial charge in [-0.3, -0.25) is 14.5 Å². The molecule has 0 spiro atoms. The summed E-state index contributed by atoms with van der Waals surface area (Å²) in [7, 11) is -1.39. The van der Waals surface area contributed by atoms with E-state index in [1.165, 1.54) is 27.8 Å². The molecule has 0 bridgehead atoms. The van der Waals surface area contributed by atoms with Crippen molar-refractivity contribution in [2.75, 3.05) is 25.1 Å². The molecule has 3 heterocycles. The number of thioether (sulfide) groups is 1. The van der Waals surface area contributed by atoms with E-state index in [1.54, 1.807) is 25.3 Å². The molecule has 2 amide bonds. The normalized spacial score (nSPS) is 23.4. The number of hydrogen-bond acceptors (Lipinski definition) is 7. The Kier molecular flexibility index (Phi) is 6.07. The first kappa shape index (κ1) is 20.1. The van der Waals surface area contributed by atoms with Crippen LogP contribution in [0.4, 0.5) is 0 Å². The minimum Gasteiger partial charge on any atom is -0.465 e. The standard InChI is InChI=1S/C17H20N2O5S3/c1-18(12-6-9-27(22,23)11-12)15(20)5-2-7-19-16(21)14(26-17(19)25)10-13-4-3-8-24-13/h3-4,8,10,12H,2,5-7,9,11H2,1H3. The molecule has 3 rings (SSSR count). The summed E-state index contributed by atoms with van der Waals surface area (Å²) in [5.41, 5.74) is 0. The molecule has 1 atom stereocenters. The molecule has 2 aliphatic rings. The highest BCUT2D eigenvalue weighted by molar-refractivity contribution is 8.26. The largest absolute Gasteiger partial charge is 0.465 e. The second-order valence-corrected chi connectivity index (χ2v) is 10.4. The highest BCUT2D eigenvalue weighted by atomic mass is 32.2. The summed E-state index contributed by atoms with van der Waals surface area (Å²) in [6, 6.07) is 3.24. The monoisotopic (exact) mass is 428 g/mol. The van der Waals surface area contributed by atoms with Crippen molar-refractivity contribution < 1.29 is 22.4 Å². The maximum absolute atomic E-state index is 12.5. The Morgan fingerprint density at radius 1 is 1.52 bits per heavy atom. The van der Waals surface area contributed by atoms with E-state index in [2.05, 4.69) is 0 Å². The number of hydrogen-bond donors (Lipinski definition) is 0. The van der Waals surface area contributed by atoms with E-state index in [4.69, 9.17) is 16.6 Å². The lowest BCUT2D eigenvalue weighted by Crippen LogP contribution is -2.38. The fourth-order valence-corrected chi connectivity index (χ4v) is 6.11. The Morgan fingerprint density at radius 2 is 2.30 bits per heavy atom. The second-order valence-electron chi connectivity index (χ2n) is 6.51. The zero-order valence-electron chi connectivity index (χ0n) is 14.8. The SMILES string of the molecule is CN(C(=O)CCCN1C(=O)C(=Cc2ccco2)SC1=S)C1CCS(=O)(=O)C1. The van der Waals surface area contributed by atoms with E-state index < -0.39 is 9.84 Å². The van der Waals surface area contributed by atoms with Gasteiger partial charge >= 0.3 is 0 Å². The first-order valence-electron chi connectivity index (χ1n) is 8.52. The number of carbonyl (C=O) groups is 2. The van der Waals surface area contributed by atoms with E-state index >= 15 is 0 Å². The Morgan fingerprint density at radius 3 is 2.93 bits per heavy atom. The molecule has 0 aliphatic carbocycles. The van der Waals surface area contributed by atoms with Crippen LogP contribution in [0.2, 0.25) is 0 Å². The van der Waals surface area contributed by atoms with E-state index in [0.717, 1.165) is 0 Å². The summed E-state index contributed by atoms with van der Waals surface area (Å²) in [5.74, 6) is 0.437. The van der Waals surface area contributed by atoms with Crippen molar-refractivity contribution in [3.05, 3.63) is 29.1 Å². The van der Waals surface area contributed by atoms with Crippen LogP contribution < -0.4 is 0 Å². The smallest absolute Gasteiger partial charge is 0.266 e. The summed E-state index contributed by atoms with van der Waals surface area (Å²) in [5, 5.41) is 0. The van der Waals surface area contributed by atoms with Gasteiger partial charge in [0.05, 0.1) is 22.7 Å². The van der Waals surface area contributed by atoms with E-state index in [9.17, 15) is 18.0 Å². The molecule has 7 nitrogen and oxygen atoms in total. The first-order chi connectivity index (χ1) is 12.8. The summed E-state index contributed by atoms with van der Waals surface area (Å²) in [6.45, 7) is 0.350. The van der Waals surface area contributed by atoms with Gasteiger partial charge in [-0.05, 0) is 25.0 Å². The molecule has 1 aromatic heterocycles. The summed E-state index contributed by atoms with van der Waals surface area (Å²) in [6.07, 6.45) is 4.37. The number of carbonyl (C=O) groups excluding carboxylic acids is 2. The molecule has 2 fully saturated rings. The average Bonchev–Trinajstić information content (AvgIpc) is 3.30. The highest BCUT2D eigenvalue weighted by Gasteiger charge is 2.34. The number of thiocarbonyl (C=S) groups is 1. The van der Waals surface area contributed by atoms with Crippen LogP contribution in [0.25, 0.3) is 6.08 Å². The van der Waals surface area contributed by atoms with Gasteiger partial charge in [0, 0.05) is 32.1 Å². The Labute approximate surface area is 167 Å². The first-order valence-corrected chi connectivity index (χ1v) is 11.6. The van der Waals surface area contributed by atoms with Crippen molar-refractivity contribution in [2.24, 2.45) is 0 Å². The highest BCUT2D eigenvalue weighted by Crippen LogP contribution is 2.32. The van der Waals surface area contributed by atoms with Gasteiger partial charge in [0.25, 0.3) is 5.91 Å². The average molecular weight is 429 g/mol. The van der Waals surface area contributed by atoms with Crippen molar-refractivity contribution >= 4 is 56.0 Å². The third kappa shape index (κ3) is 4.80. The molecular weight excluding hydrogens is 408 g/mol. The Hall–Kier alpha value is -1.65. The lowest BCUT2D eigenvalue weighted by atomic mass is 10.2. The van der Waals surface area contributed by atoms with Gasteiger partial charge in [-0.15, -0.1) is 0 Å². The quantitative estimate of drug-likeness (QED) is 0.505. The van der Waals surface area contributed by atoms with Crippen LogP contribution in [0.15, 0.2) is 27.7 Å². The van der Waals surface area contributed by atoms with E-state index in [-0.39, 0.29) is 35.8 Å². The maximum Gasteiger partial charge on any atom is 0.266 e. The number of sulfone groups is 1. The van der Waals surface area contributed by atoms with Gasteiger partial charge in [-0.2, -0.15) is 0 Å². The number of nitrogens with zero attached hydrogens (tertiary/aromatic N) is 2. The van der Waals surface area contributed by atoms with E-state index in [1.807, 2.05) is 0 Å². The van der Waals surface area contributed by atoms with Crippen LogP contribution >= 0.6 is 24.0 Å². The summed E-state index contributed by atoms with van der Waals surface area (Å²) < 4.78 is 28.8. The van der Waals surface area contributed by atoms with Gasteiger partial charge in [-0.1, -0.05) is 24.0 Å². The molecule has 1 unspecified atom stereocenters. The van der Waals surface area contributed by atoms with E-state index in [0.29, 0.717) is 34.4 Å². The lowest BCUT2D eigenvalue weighted by molar-refractivity contribution is -0.132. The van der Waals surface area contributed by atoms with Crippen LogP contribution in [0, 0.1) is 0 Å². The summed E-state index contributed by atoms with van der Waals surface area (Å²) >= 11 is 6.48. The molecule has 146 valence electrons. The fraction of sp³-hybridized carbons (Fsp3) is 0.471. The topological polar surface area (TPSA) is 87.9 Å². The third-order valence-electron chi connectivity index (χ3n) is 4.61. The summed E-state index contributed by atoms with van der Waals surface area (Å²) in [4.78, 5) is 28.3. The minimum absolute atomic E-state index is 0.0293. The van der Waals surface area contributed by atoms with Crippen molar-refractivity contribution in [3.63, 3.8) is 0 Å². The van der Waals surface area contributed by atoms with Crippen molar-refractivity contribution in [1.29, 1.82) is 0 Å². The molecule has 0 N–H and O–H groups in total. The van der Waals surface area contributed by atoms with Gasteiger partial charge in [0.15, 0.2) is 9.84 Å². The predicted octanol–water partition coefficient (Wildman–Crippen LogP) is 1.91. The second kappa shape index (κ2) is 8.15. The van der Waals surface area contributed by atoms with Crippen LogP contribution in [-0.4, -0.2) is 65.5 Å². The van der Waals surface area contributed by atoms with Crippen LogP contribution in [-0.2, 0) is 19.4 Å². The van der Waals surface area contributed by atoms with Crippen molar-refractivity contribution in [3.8, 4) is 0 Å². The maximum atomic E-state index is 12.5. The van der Waals surface area contributed by atoms with Crippen LogP contribution in [0.5, 0.6) is 0 Å². The van der Waals surface area contributed by atoms with Crippen LogP contribution in [0.1, 0.15) is 25.0 Å². The number of amides is 2. The zero-order valence-corrected chi connectivity index (χ0v) is 17.2. The van der Waals surface area contributed by atoms with Crippen molar-refractivity contribution in [1.82, 2.24) is 9.80 Å². The number of furan rings is 1. The molecule has 0 aromatic carbocycles. The Balaban J connectivity index is 1.50. The minimum atomic E-state index is -3.03.